The first kappa shape index (κ1) is 16.0. The maximum atomic E-state index is 13.3. The number of hydrogen-bond acceptors (Lipinski definition) is 1. The Morgan fingerprint density at radius 2 is 1.57 bits per heavy atom. The van der Waals surface area contributed by atoms with Gasteiger partial charge in [0.2, 0.25) is 0 Å². The van der Waals surface area contributed by atoms with Crippen LogP contribution in [0.5, 0.6) is 0 Å². The molecule has 0 bridgehead atoms. The summed E-state index contributed by atoms with van der Waals surface area (Å²) >= 11 is 6.72. The maximum absolute atomic E-state index is 13.3. The molecular weight excluding hydrogens is 309 g/mol. The van der Waals surface area contributed by atoms with Crippen LogP contribution in [0.1, 0.15) is 54.1 Å². The lowest BCUT2D eigenvalue weighted by atomic mass is 10.0. The highest BCUT2D eigenvalue weighted by atomic mass is 35.5. The number of benzene rings is 2. The highest BCUT2D eigenvalue weighted by Gasteiger charge is 2.61. The minimum Gasteiger partial charge on any atom is -0.243 e. The van der Waals surface area contributed by atoms with E-state index in [4.69, 9.17) is 16.9 Å². The van der Waals surface area contributed by atoms with Crippen LogP contribution in [0.4, 0.5) is 4.39 Å². The molecule has 0 N–H and O–H groups in total. The number of halogens is 2. The summed E-state index contributed by atoms with van der Waals surface area (Å²) in [6.07, 6.45) is -0.524. The molecule has 0 radical (unpaired) electrons. The van der Waals surface area contributed by atoms with E-state index < -0.39 is 6.17 Å². The van der Waals surface area contributed by atoms with Crippen LogP contribution in [0.15, 0.2) is 48.5 Å². The van der Waals surface area contributed by atoms with E-state index >= 15 is 0 Å². The predicted molar refractivity (Wildman–Crippen MR) is 91.5 cm³/mol. The van der Waals surface area contributed by atoms with Crippen molar-refractivity contribution < 1.29 is 4.39 Å². The van der Waals surface area contributed by atoms with E-state index in [0.717, 1.165) is 11.1 Å². The van der Waals surface area contributed by atoms with E-state index in [1.54, 1.807) is 6.92 Å². The van der Waals surface area contributed by atoms with Crippen molar-refractivity contribution in [3.05, 3.63) is 70.8 Å². The van der Waals surface area contributed by atoms with Gasteiger partial charge in [0.25, 0.3) is 0 Å². The Bertz CT molecular complexity index is 726. The molecule has 2 aromatic carbocycles. The van der Waals surface area contributed by atoms with Crippen molar-refractivity contribution in [1.82, 2.24) is 0 Å². The second kappa shape index (κ2) is 5.98. The second-order valence-corrected chi connectivity index (χ2v) is 7.28. The van der Waals surface area contributed by atoms with Crippen LogP contribution in [0.3, 0.4) is 0 Å². The van der Waals surface area contributed by atoms with Crippen LogP contribution >= 0.6 is 11.6 Å². The molecular formula is C20H19ClFN. The van der Waals surface area contributed by atoms with Gasteiger partial charge in [0.1, 0.15) is 6.17 Å². The normalized spacial score (nSPS) is 27.3. The third-order valence-corrected chi connectivity index (χ3v) is 5.29. The quantitative estimate of drug-likeness (QED) is 0.664. The summed E-state index contributed by atoms with van der Waals surface area (Å²) in [4.78, 5) is -0.320. The molecule has 1 nitrogen and oxygen atoms in total. The van der Waals surface area contributed by atoms with E-state index in [1.807, 2.05) is 36.4 Å². The van der Waals surface area contributed by atoms with Crippen molar-refractivity contribution in [2.75, 3.05) is 0 Å². The average Bonchev–Trinajstić information content (AvgIpc) is 3.11. The first-order valence-electron chi connectivity index (χ1n) is 7.83. The smallest absolute Gasteiger partial charge is 0.122 e. The zero-order chi connectivity index (χ0) is 16.6. The van der Waals surface area contributed by atoms with E-state index in [2.05, 4.69) is 25.1 Å². The van der Waals surface area contributed by atoms with Gasteiger partial charge in [0, 0.05) is 11.8 Å². The molecule has 2 aromatic rings. The molecule has 0 aromatic heterocycles. The summed E-state index contributed by atoms with van der Waals surface area (Å²) in [5.74, 6) is 0.476. The molecule has 0 spiro atoms. The molecule has 0 saturated heterocycles. The Morgan fingerprint density at radius 1 is 1.09 bits per heavy atom. The Kier molecular flexibility index (Phi) is 4.17. The number of alkyl halides is 2. The van der Waals surface area contributed by atoms with Gasteiger partial charge in [-0.3, -0.25) is 0 Å². The molecule has 3 heteroatoms. The third kappa shape index (κ3) is 2.99. The van der Waals surface area contributed by atoms with Crippen molar-refractivity contribution in [3.8, 4) is 6.07 Å². The van der Waals surface area contributed by atoms with Crippen LogP contribution in [0.25, 0.3) is 0 Å². The molecule has 0 heterocycles. The number of nitrogens with zero attached hydrogens (tertiary/aromatic N) is 1. The number of hydrogen-bond donors (Lipinski definition) is 0. The van der Waals surface area contributed by atoms with Gasteiger partial charge in [-0.05, 0) is 36.1 Å². The van der Waals surface area contributed by atoms with Gasteiger partial charge in [0.15, 0.2) is 0 Å². The summed E-state index contributed by atoms with van der Waals surface area (Å²) < 4.78 is 13.3. The van der Waals surface area contributed by atoms with Crippen LogP contribution in [-0.2, 0) is 6.42 Å². The van der Waals surface area contributed by atoms with E-state index in [0.29, 0.717) is 12.0 Å². The standard InChI is InChI=1S/C20H19ClFN/c1-13(22)15-7-9-17(10-8-15)19-18(20(19,2)21)16-5-3-14(4-6-16)11-12-23/h3-10,13,18-19H,11H2,1-2H3. The fourth-order valence-corrected chi connectivity index (χ4v) is 3.86. The average molecular weight is 328 g/mol. The molecule has 1 aliphatic rings. The second-order valence-electron chi connectivity index (χ2n) is 6.47. The van der Waals surface area contributed by atoms with Crippen molar-refractivity contribution in [1.29, 1.82) is 5.26 Å². The van der Waals surface area contributed by atoms with Crippen molar-refractivity contribution in [2.24, 2.45) is 0 Å². The van der Waals surface area contributed by atoms with E-state index in [9.17, 15) is 4.39 Å². The first-order chi connectivity index (χ1) is 10.9. The van der Waals surface area contributed by atoms with Crippen molar-refractivity contribution in [3.63, 3.8) is 0 Å². The molecule has 1 aliphatic carbocycles. The lowest BCUT2D eigenvalue weighted by Gasteiger charge is -2.05. The highest BCUT2D eigenvalue weighted by molar-refractivity contribution is 6.27. The minimum absolute atomic E-state index is 0.231. The monoisotopic (exact) mass is 327 g/mol. The van der Waals surface area contributed by atoms with Gasteiger partial charge >= 0.3 is 0 Å². The number of nitriles is 1. The number of rotatable bonds is 4. The molecule has 1 saturated carbocycles. The Morgan fingerprint density at radius 3 is 2.00 bits per heavy atom. The molecule has 0 amide bonds. The zero-order valence-electron chi connectivity index (χ0n) is 13.3. The summed E-state index contributed by atoms with van der Waals surface area (Å²) in [6, 6.07) is 17.9. The predicted octanol–water partition coefficient (Wildman–Crippen LogP) is 5.66. The van der Waals surface area contributed by atoms with E-state index in [-0.39, 0.29) is 16.7 Å². The topological polar surface area (TPSA) is 23.8 Å². The van der Waals surface area contributed by atoms with Gasteiger partial charge in [0.05, 0.1) is 17.4 Å². The minimum atomic E-state index is -0.950. The van der Waals surface area contributed by atoms with Crippen LogP contribution < -0.4 is 0 Å². The SMILES string of the molecule is CC(F)c1ccc(C2C(c3ccc(CC#N)cc3)C2(C)Cl)cc1. The molecule has 118 valence electrons. The zero-order valence-corrected chi connectivity index (χ0v) is 14.0. The summed E-state index contributed by atoms with van der Waals surface area (Å²) in [6.45, 7) is 3.60. The van der Waals surface area contributed by atoms with E-state index in [1.165, 1.54) is 5.56 Å². The lowest BCUT2D eigenvalue weighted by Crippen LogP contribution is -1.95. The van der Waals surface area contributed by atoms with Gasteiger partial charge < -0.3 is 0 Å². The Labute approximate surface area is 141 Å². The van der Waals surface area contributed by atoms with Gasteiger partial charge in [-0.25, -0.2) is 4.39 Å². The van der Waals surface area contributed by atoms with Gasteiger partial charge in [-0.15, -0.1) is 11.6 Å². The molecule has 23 heavy (non-hydrogen) atoms. The largest absolute Gasteiger partial charge is 0.243 e. The van der Waals surface area contributed by atoms with Crippen molar-refractivity contribution in [2.45, 2.75) is 43.1 Å². The molecule has 4 unspecified atom stereocenters. The summed E-state index contributed by atoms with van der Waals surface area (Å²) in [5.41, 5.74) is 4.06. The molecule has 3 rings (SSSR count). The Balaban J connectivity index is 1.83. The molecule has 1 fully saturated rings. The maximum Gasteiger partial charge on any atom is 0.122 e. The lowest BCUT2D eigenvalue weighted by molar-refractivity contribution is 0.374. The van der Waals surface area contributed by atoms with Gasteiger partial charge in [-0.1, -0.05) is 48.5 Å². The van der Waals surface area contributed by atoms with Crippen LogP contribution in [-0.4, -0.2) is 4.87 Å². The summed E-state index contributed by atoms with van der Waals surface area (Å²) in [7, 11) is 0. The van der Waals surface area contributed by atoms with Crippen molar-refractivity contribution >= 4 is 11.6 Å². The van der Waals surface area contributed by atoms with Gasteiger partial charge in [-0.2, -0.15) is 5.26 Å². The molecule has 4 atom stereocenters. The molecule has 0 aliphatic heterocycles. The highest BCUT2D eigenvalue weighted by Crippen LogP contribution is 2.67. The van der Waals surface area contributed by atoms with Crippen LogP contribution in [0, 0.1) is 11.3 Å². The fourth-order valence-electron chi connectivity index (χ4n) is 3.42. The Hall–Kier alpha value is -1.85. The third-order valence-electron chi connectivity index (χ3n) is 4.82. The summed E-state index contributed by atoms with van der Waals surface area (Å²) in [5, 5.41) is 8.75. The van der Waals surface area contributed by atoms with Crippen LogP contribution in [0.2, 0.25) is 0 Å². The first-order valence-corrected chi connectivity index (χ1v) is 8.21. The fraction of sp³-hybridized carbons (Fsp3) is 0.350.